The van der Waals surface area contributed by atoms with Gasteiger partial charge >= 0.3 is 0 Å². The molecule has 3 aromatic heterocycles. The molecule has 58 heavy (non-hydrogen) atoms. The smallest absolute Gasteiger partial charge is 0.135 e. The Balaban J connectivity index is 0.975. The zero-order valence-corrected chi connectivity index (χ0v) is 32.2. The zero-order valence-electron chi connectivity index (χ0n) is 31.3. The summed E-state index contributed by atoms with van der Waals surface area (Å²) in [5.74, 6) is 0. The molecule has 0 unspecified atom stereocenters. The minimum atomic E-state index is 0.900. The van der Waals surface area contributed by atoms with Gasteiger partial charge in [0.25, 0.3) is 0 Å². The fourth-order valence-electron chi connectivity index (χ4n) is 8.84. The lowest BCUT2D eigenvalue weighted by molar-refractivity contribution is 0.669. The number of thiophene rings is 1. The molecule has 0 fully saturated rings. The molecule has 0 aliphatic heterocycles. The van der Waals surface area contributed by atoms with Gasteiger partial charge in [-0.1, -0.05) is 109 Å². The number of rotatable bonds is 6. The Labute approximate surface area is 338 Å². The van der Waals surface area contributed by atoms with E-state index in [0.29, 0.717) is 0 Å². The standard InChI is InChI=1S/C54H34N2OS/c1-5-16-49-43(12-1)44-13-2-6-17-50(44)56(49)41-28-26-40(27-29-41)55(39-24-20-35(21-25-39)37-23-31-54-48(34-37)46-15-4-8-19-53(46)58-54)42-11-9-10-36(32-42)38-22-30-52-47(33-38)45-14-3-7-18-51(45)57-52/h1-34H. The highest BCUT2D eigenvalue weighted by molar-refractivity contribution is 7.25. The van der Waals surface area contributed by atoms with Crippen molar-refractivity contribution >= 4 is 92.3 Å². The third-order valence-electron chi connectivity index (χ3n) is 11.6. The van der Waals surface area contributed by atoms with Gasteiger partial charge in [-0.3, -0.25) is 0 Å². The van der Waals surface area contributed by atoms with E-state index in [0.717, 1.165) is 55.8 Å². The van der Waals surface area contributed by atoms with Gasteiger partial charge in [-0.25, -0.2) is 0 Å². The van der Waals surface area contributed by atoms with Crippen LogP contribution in [0.5, 0.6) is 0 Å². The van der Waals surface area contributed by atoms with E-state index < -0.39 is 0 Å². The number of aromatic nitrogens is 1. The first-order valence-corrected chi connectivity index (χ1v) is 20.5. The summed E-state index contributed by atoms with van der Waals surface area (Å²) >= 11 is 1.86. The number of nitrogens with zero attached hydrogens (tertiary/aromatic N) is 2. The summed E-state index contributed by atoms with van der Waals surface area (Å²) in [6.07, 6.45) is 0. The molecule has 0 bridgehead atoms. The molecule has 0 radical (unpaired) electrons. The molecule has 0 amide bonds. The number of fused-ring (bicyclic) bond motifs is 9. The average Bonchev–Trinajstić information content (AvgIpc) is 3.96. The number of hydrogen-bond donors (Lipinski definition) is 0. The van der Waals surface area contributed by atoms with Crippen molar-refractivity contribution in [3.8, 4) is 27.9 Å². The number of benzene rings is 9. The maximum atomic E-state index is 6.17. The highest BCUT2D eigenvalue weighted by atomic mass is 32.1. The summed E-state index contributed by atoms with van der Waals surface area (Å²) in [6.45, 7) is 0. The van der Waals surface area contributed by atoms with Gasteiger partial charge in [0.05, 0.1) is 11.0 Å². The van der Waals surface area contributed by atoms with Gasteiger partial charge in [0.1, 0.15) is 11.2 Å². The van der Waals surface area contributed by atoms with Crippen LogP contribution in [-0.4, -0.2) is 4.57 Å². The second kappa shape index (κ2) is 13.1. The van der Waals surface area contributed by atoms with Crippen LogP contribution in [0.4, 0.5) is 17.1 Å². The third kappa shape index (κ3) is 5.27. The molecule has 272 valence electrons. The van der Waals surface area contributed by atoms with Gasteiger partial charge in [0.15, 0.2) is 0 Å². The van der Waals surface area contributed by atoms with Crippen LogP contribution < -0.4 is 4.90 Å². The van der Waals surface area contributed by atoms with E-state index in [4.69, 9.17) is 4.42 Å². The van der Waals surface area contributed by atoms with E-state index in [9.17, 15) is 0 Å². The minimum Gasteiger partial charge on any atom is -0.456 e. The predicted octanol–water partition coefficient (Wildman–Crippen LogP) is 15.9. The quantitative estimate of drug-likeness (QED) is 0.168. The van der Waals surface area contributed by atoms with Crippen molar-refractivity contribution in [1.29, 1.82) is 0 Å². The molecule has 0 spiro atoms. The fourth-order valence-corrected chi connectivity index (χ4v) is 9.92. The molecule has 3 nitrogen and oxygen atoms in total. The molecule has 3 heterocycles. The first kappa shape index (κ1) is 32.8. The molecule has 0 atom stereocenters. The van der Waals surface area contributed by atoms with Gasteiger partial charge in [-0.05, 0) is 119 Å². The van der Waals surface area contributed by atoms with Crippen molar-refractivity contribution in [2.24, 2.45) is 0 Å². The van der Waals surface area contributed by atoms with Crippen molar-refractivity contribution in [3.63, 3.8) is 0 Å². The van der Waals surface area contributed by atoms with Crippen LogP contribution in [0.1, 0.15) is 0 Å². The van der Waals surface area contributed by atoms with Gasteiger partial charge < -0.3 is 13.9 Å². The molecule has 0 aliphatic carbocycles. The second-order valence-corrected chi connectivity index (χ2v) is 16.0. The van der Waals surface area contributed by atoms with Gasteiger partial charge in [0.2, 0.25) is 0 Å². The molecule has 0 saturated carbocycles. The van der Waals surface area contributed by atoms with Gasteiger partial charge in [-0.2, -0.15) is 0 Å². The Morgan fingerprint density at radius 2 is 0.897 bits per heavy atom. The molecule has 9 aromatic carbocycles. The second-order valence-electron chi connectivity index (χ2n) is 14.9. The Morgan fingerprint density at radius 3 is 1.67 bits per heavy atom. The number of hydrogen-bond acceptors (Lipinski definition) is 3. The van der Waals surface area contributed by atoms with Crippen LogP contribution in [0.3, 0.4) is 0 Å². The Hall–Kier alpha value is -7.40. The molecular weight excluding hydrogens is 725 g/mol. The van der Waals surface area contributed by atoms with Crippen LogP contribution >= 0.6 is 11.3 Å². The SMILES string of the molecule is c1cc(-c2ccc3oc4ccccc4c3c2)cc(N(c2ccc(-c3ccc4sc5ccccc5c4c3)cc2)c2ccc(-n3c4ccccc4c4ccccc43)cc2)c1. The minimum absolute atomic E-state index is 0.900. The molecule has 12 rings (SSSR count). The van der Waals surface area contributed by atoms with Crippen LogP contribution in [0, 0.1) is 0 Å². The highest BCUT2D eigenvalue weighted by Gasteiger charge is 2.17. The summed E-state index contributed by atoms with van der Waals surface area (Å²) in [5, 5.41) is 7.40. The summed E-state index contributed by atoms with van der Waals surface area (Å²) in [7, 11) is 0. The summed E-state index contributed by atoms with van der Waals surface area (Å²) < 4.78 is 11.2. The lowest BCUT2D eigenvalue weighted by Gasteiger charge is -2.26. The van der Waals surface area contributed by atoms with Crippen LogP contribution in [0.25, 0.3) is 91.9 Å². The average molecular weight is 759 g/mol. The molecule has 0 aliphatic rings. The summed E-state index contributed by atoms with van der Waals surface area (Å²) in [6, 6.07) is 74.6. The third-order valence-corrected chi connectivity index (χ3v) is 12.7. The van der Waals surface area contributed by atoms with Gasteiger partial charge in [0, 0.05) is 64.5 Å². The monoisotopic (exact) mass is 758 g/mol. The summed E-state index contributed by atoms with van der Waals surface area (Å²) in [4.78, 5) is 2.37. The van der Waals surface area contributed by atoms with E-state index >= 15 is 0 Å². The number of para-hydroxylation sites is 3. The maximum Gasteiger partial charge on any atom is 0.135 e. The Kier molecular flexibility index (Phi) is 7.40. The topological polar surface area (TPSA) is 21.3 Å². The predicted molar refractivity (Wildman–Crippen MR) is 247 cm³/mol. The molecule has 12 aromatic rings. The first-order valence-electron chi connectivity index (χ1n) is 19.7. The van der Waals surface area contributed by atoms with Crippen molar-refractivity contribution in [2.45, 2.75) is 0 Å². The zero-order chi connectivity index (χ0) is 38.2. The van der Waals surface area contributed by atoms with Crippen molar-refractivity contribution in [3.05, 3.63) is 206 Å². The molecular formula is C54H34N2OS. The molecule has 0 saturated heterocycles. The van der Waals surface area contributed by atoms with Crippen LogP contribution in [-0.2, 0) is 0 Å². The highest BCUT2D eigenvalue weighted by Crippen LogP contribution is 2.41. The van der Waals surface area contributed by atoms with E-state index in [1.165, 1.54) is 53.1 Å². The number of furan rings is 1. The van der Waals surface area contributed by atoms with E-state index in [1.807, 2.05) is 23.5 Å². The van der Waals surface area contributed by atoms with Crippen molar-refractivity contribution < 1.29 is 4.42 Å². The first-order chi connectivity index (χ1) is 28.7. The number of anilines is 3. The molecule has 4 heteroatoms. The van der Waals surface area contributed by atoms with Gasteiger partial charge in [-0.15, -0.1) is 11.3 Å². The van der Waals surface area contributed by atoms with Crippen LogP contribution in [0.2, 0.25) is 0 Å². The lowest BCUT2D eigenvalue weighted by Crippen LogP contribution is -2.10. The lowest BCUT2D eigenvalue weighted by atomic mass is 10.0. The maximum absolute atomic E-state index is 6.17. The molecule has 0 N–H and O–H groups in total. The largest absolute Gasteiger partial charge is 0.456 e. The van der Waals surface area contributed by atoms with E-state index in [-0.39, 0.29) is 0 Å². The van der Waals surface area contributed by atoms with Crippen LogP contribution in [0.15, 0.2) is 211 Å². The van der Waals surface area contributed by atoms with E-state index in [2.05, 4.69) is 204 Å². The normalized spacial score (nSPS) is 11.8. The van der Waals surface area contributed by atoms with E-state index in [1.54, 1.807) is 0 Å². The van der Waals surface area contributed by atoms with Crippen molar-refractivity contribution in [1.82, 2.24) is 4.57 Å². The Bertz CT molecular complexity index is 3460. The Morgan fingerprint density at radius 1 is 0.345 bits per heavy atom. The fraction of sp³-hybridized carbons (Fsp3) is 0. The summed E-state index contributed by atoms with van der Waals surface area (Å²) in [5.41, 5.74) is 13.3. The van der Waals surface area contributed by atoms with Crippen molar-refractivity contribution in [2.75, 3.05) is 4.90 Å².